The topological polar surface area (TPSA) is 97.6 Å². The first-order valence-electron chi connectivity index (χ1n) is 7.57. The number of rotatable bonds is 4. The van der Waals surface area contributed by atoms with E-state index in [9.17, 15) is 9.59 Å². The van der Waals surface area contributed by atoms with Gasteiger partial charge in [-0.05, 0) is 12.8 Å². The number of aryl methyl sites for hydroxylation is 1. The smallest absolute Gasteiger partial charge is 0.235 e. The summed E-state index contributed by atoms with van der Waals surface area (Å²) in [4.78, 5) is 26.2. The molecule has 1 aromatic heterocycles. The molecule has 8 nitrogen and oxygen atoms in total. The number of likely N-dealkylation sites (tertiary alicyclic amines) is 1. The minimum atomic E-state index is -0.306. The quantitative estimate of drug-likeness (QED) is 0.842. The molecular formula is C14H20N4O4. The van der Waals surface area contributed by atoms with Crippen molar-refractivity contribution in [2.75, 3.05) is 19.8 Å². The van der Waals surface area contributed by atoms with E-state index in [0.29, 0.717) is 31.5 Å². The van der Waals surface area contributed by atoms with Crippen LogP contribution in [0.25, 0.3) is 0 Å². The van der Waals surface area contributed by atoms with E-state index in [2.05, 4.69) is 15.5 Å². The van der Waals surface area contributed by atoms with Crippen LogP contribution >= 0.6 is 0 Å². The van der Waals surface area contributed by atoms with Crippen LogP contribution in [0, 0.1) is 12.8 Å². The number of ether oxygens (including phenoxy) is 1. The molecule has 8 heteroatoms. The predicted molar refractivity (Wildman–Crippen MR) is 74.5 cm³/mol. The Morgan fingerprint density at radius 3 is 2.82 bits per heavy atom. The third-order valence-electron chi connectivity index (χ3n) is 4.14. The lowest BCUT2D eigenvalue weighted by molar-refractivity contribution is -0.131. The summed E-state index contributed by atoms with van der Waals surface area (Å²) in [7, 11) is 0. The zero-order chi connectivity index (χ0) is 15.5. The highest BCUT2D eigenvalue weighted by Gasteiger charge is 2.38. The summed E-state index contributed by atoms with van der Waals surface area (Å²) in [5.74, 6) is 0.446. The summed E-state index contributed by atoms with van der Waals surface area (Å²) in [6.45, 7) is 3.74. The van der Waals surface area contributed by atoms with E-state index >= 15 is 0 Å². The maximum atomic E-state index is 12.2. The van der Waals surface area contributed by atoms with Crippen molar-refractivity contribution in [3.05, 3.63) is 11.8 Å². The van der Waals surface area contributed by atoms with Crippen LogP contribution in [0.15, 0.2) is 4.42 Å². The Labute approximate surface area is 128 Å². The molecule has 2 amide bonds. The van der Waals surface area contributed by atoms with Crippen molar-refractivity contribution < 1.29 is 18.7 Å². The van der Waals surface area contributed by atoms with Crippen LogP contribution in [0.5, 0.6) is 0 Å². The molecule has 0 aliphatic carbocycles. The molecule has 3 rings (SSSR count). The standard InChI is InChI=1S/C14H20N4O4/c1-9-16-17-12(22-9)7-15-14(20)10-6-13(19)18(8-10)11-2-4-21-5-3-11/h10-11H,2-8H2,1H3,(H,15,20). The zero-order valence-electron chi connectivity index (χ0n) is 12.6. The molecule has 2 saturated heterocycles. The van der Waals surface area contributed by atoms with Crippen molar-refractivity contribution in [3.8, 4) is 0 Å². The molecule has 22 heavy (non-hydrogen) atoms. The van der Waals surface area contributed by atoms with Gasteiger partial charge in [0.05, 0.1) is 12.5 Å². The van der Waals surface area contributed by atoms with E-state index in [1.165, 1.54) is 0 Å². The Balaban J connectivity index is 1.52. The monoisotopic (exact) mass is 308 g/mol. The molecule has 1 N–H and O–H groups in total. The second-order valence-corrected chi connectivity index (χ2v) is 5.72. The van der Waals surface area contributed by atoms with Gasteiger partial charge in [-0.3, -0.25) is 9.59 Å². The summed E-state index contributed by atoms with van der Waals surface area (Å²) < 4.78 is 10.5. The summed E-state index contributed by atoms with van der Waals surface area (Å²) in [5, 5.41) is 10.3. The van der Waals surface area contributed by atoms with Gasteiger partial charge in [0, 0.05) is 39.1 Å². The van der Waals surface area contributed by atoms with Crippen LogP contribution in [-0.4, -0.2) is 52.7 Å². The van der Waals surface area contributed by atoms with Gasteiger partial charge < -0.3 is 19.4 Å². The van der Waals surface area contributed by atoms with Crippen molar-refractivity contribution in [2.45, 2.75) is 38.8 Å². The summed E-state index contributed by atoms with van der Waals surface area (Å²) >= 11 is 0. The number of carbonyl (C=O) groups excluding carboxylic acids is 2. The van der Waals surface area contributed by atoms with Crippen molar-refractivity contribution in [1.82, 2.24) is 20.4 Å². The number of hydrogen-bond donors (Lipinski definition) is 1. The van der Waals surface area contributed by atoms with E-state index in [1.54, 1.807) is 6.92 Å². The first-order valence-corrected chi connectivity index (χ1v) is 7.57. The van der Waals surface area contributed by atoms with Crippen LogP contribution < -0.4 is 5.32 Å². The van der Waals surface area contributed by atoms with Gasteiger partial charge in [-0.25, -0.2) is 0 Å². The van der Waals surface area contributed by atoms with Gasteiger partial charge in [0.15, 0.2) is 0 Å². The predicted octanol–water partition coefficient (Wildman–Crippen LogP) is 0.0217. The number of amides is 2. The number of nitrogens with zero attached hydrogens (tertiary/aromatic N) is 3. The Kier molecular flexibility index (Phi) is 4.37. The molecule has 3 heterocycles. The molecule has 1 atom stereocenters. The minimum absolute atomic E-state index is 0.0562. The molecule has 0 saturated carbocycles. The third kappa shape index (κ3) is 3.27. The SMILES string of the molecule is Cc1nnc(CNC(=O)C2CC(=O)N(C3CCOCC3)C2)o1. The maximum Gasteiger partial charge on any atom is 0.235 e. The molecule has 2 aliphatic rings. The molecule has 2 fully saturated rings. The first-order chi connectivity index (χ1) is 10.6. The van der Waals surface area contributed by atoms with Gasteiger partial charge in [-0.2, -0.15) is 0 Å². The van der Waals surface area contributed by atoms with Crippen LogP contribution in [0.2, 0.25) is 0 Å². The van der Waals surface area contributed by atoms with Gasteiger partial charge in [-0.1, -0.05) is 0 Å². The molecule has 0 radical (unpaired) electrons. The van der Waals surface area contributed by atoms with Crippen molar-refractivity contribution in [1.29, 1.82) is 0 Å². The largest absolute Gasteiger partial charge is 0.424 e. The Morgan fingerprint density at radius 2 is 2.14 bits per heavy atom. The van der Waals surface area contributed by atoms with E-state index in [0.717, 1.165) is 12.8 Å². The second kappa shape index (κ2) is 6.43. The van der Waals surface area contributed by atoms with Crippen molar-refractivity contribution in [2.24, 2.45) is 5.92 Å². The number of nitrogens with one attached hydrogen (secondary N) is 1. The fourth-order valence-corrected chi connectivity index (χ4v) is 2.97. The lowest BCUT2D eigenvalue weighted by Crippen LogP contribution is -2.41. The molecule has 0 aromatic carbocycles. The molecule has 2 aliphatic heterocycles. The Hall–Kier alpha value is -1.96. The van der Waals surface area contributed by atoms with E-state index in [1.807, 2.05) is 4.90 Å². The first kappa shape index (κ1) is 15.0. The molecule has 0 bridgehead atoms. The van der Waals surface area contributed by atoms with Gasteiger partial charge in [0.2, 0.25) is 23.6 Å². The molecule has 1 aromatic rings. The number of hydrogen-bond acceptors (Lipinski definition) is 6. The van der Waals surface area contributed by atoms with Gasteiger partial charge in [0.25, 0.3) is 0 Å². The second-order valence-electron chi connectivity index (χ2n) is 5.72. The Morgan fingerprint density at radius 1 is 1.36 bits per heavy atom. The molecular weight excluding hydrogens is 288 g/mol. The van der Waals surface area contributed by atoms with Crippen molar-refractivity contribution >= 4 is 11.8 Å². The lowest BCUT2D eigenvalue weighted by atomic mass is 10.1. The van der Waals surface area contributed by atoms with Crippen LogP contribution in [-0.2, 0) is 20.9 Å². The normalized spacial score (nSPS) is 23.0. The highest BCUT2D eigenvalue weighted by Crippen LogP contribution is 2.25. The lowest BCUT2D eigenvalue weighted by Gasteiger charge is -2.31. The van der Waals surface area contributed by atoms with Crippen molar-refractivity contribution in [3.63, 3.8) is 0 Å². The van der Waals surface area contributed by atoms with Crippen LogP contribution in [0.3, 0.4) is 0 Å². The average molecular weight is 308 g/mol. The van der Waals surface area contributed by atoms with Crippen LogP contribution in [0.1, 0.15) is 31.0 Å². The fourth-order valence-electron chi connectivity index (χ4n) is 2.97. The number of carbonyl (C=O) groups is 2. The Bertz CT molecular complexity index is 553. The summed E-state index contributed by atoms with van der Waals surface area (Å²) in [6.07, 6.45) is 1.97. The summed E-state index contributed by atoms with van der Waals surface area (Å²) in [6, 6.07) is 0.206. The summed E-state index contributed by atoms with van der Waals surface area (Å²) in [5.41, 5.74) is 0. The molecule has 0 spiro atoms. The van der Waals surface area contributed by atoms with E-state index < -0.39 is 0 Å². The zero-order valence-corrected chi connectivity index (χ0v) is 12.6. The number of aromatic nitrogens is 2. The van der Waals surface area contributed by atoms with E-state index in [-0.39, 0.29) is 36.7 Å². The highest BCUT2D eigenvalue weighted by molar-refractivity contribution is 5.89. The minimum Gasteiger partial charge on any atom is -0.424 e. The molecule has 120 valence electrons. The van der Waals surface area contributed by atoms with Gasteiger partial charge in [0.1, 0.15) is 0 Å². The van der Waals surface area contributed by atoms with Gasteiger partial charge in [-0.15, -0.1) is 10.2 Å². The highest BCUT2D eigenvalue weighted by atomic mass is 16.5. The van der Waals surface area contributed by atoms with Crippen LogP contribution in [0.4, 0.5) is 0 Å². The third-order valence-corrected chi connectivity index (χ3v) is 4.14. The van der Waals surface area contributed by atoms with Gasteiger partial charge >= 0.3 is 0 Å². The fraction of sp³-hybridized carbons (Fsp3) is 0.714. The maximum absolute atomic E-state index is 12.2. The average Bonchev–Trinajstić information content (AvgIpc) is 3.12. The molecule has 1 unspecified atom stereocenters. The van der Waals surface area contributed by atoms with E-state index in [4.69, 9.17) is 9.15 Å².